The SMILES string of the molecule is COCCCN1CC(=N)c2cc(S(=O)O)sc2S1. The van der Waals surface area contributed by atoms with Gasteiger partial charge in [0.15, 0.2) is 11.1 Å². The molecule has 1 unspecified atom stereocenters. The summed E-state index contributed by atoms with van der Waals surface area (Å²) in [6.07, 6.45) is 0.913. The van der Waals surface area contributed by atoms with Crippen molar-refractivity contribution in [1.82, 2.24) is 4.31 Å². The maximum Gasteiger partial charge on any atom is 0.196 e. The quantitative estimate of drug-likeness (QED) is 0.495. The lowest BCUT2D eigenvalue weighted by molar-refractivity contribution is 0.189. The Morgan fingerprint density at radius 1 is 1.67 bits per heavy atom. The highest BCUT2D eigenvalue weighted by molar-refractivity contribution is 7.99. The molecule has 0 bridgehead atoms. The van der Waals surface area contributed by atoms with E-state index in [2.05, 4.69) is 4.31 Å². The summed E-state index contributed by atoms with van der Waals surface area (Å²) in [6, 6.07) is 1.65. The van der Waals surface area contributed by atoms with Crippen LogP contribution >= 0.6 is 23.3 Å². The van der Waals surface area contributed by atoms with E-state index in [0.29, 0.717) is 23.1 Å². The number of thiophene rings is 1. The van der Waals surface area contributed by atoms with E-state index in [1.165, 1.54) is 11.3 Å². The molecule has 1 aromatic rings. The van der Waals surface area contributed by atoms with Crippen LogP contribution in [-0.4, -0.2) is 45.6 Å². The Balaban J connectivity index is 2.08. The number of methoxy groups -OCH3 is 1. The van der Waals surface area contributed by atoms with Crippen LogP contribution in [0.3, 0.4) is 0 Å². The van der Waals surface area contributed by atoms with Gasteiger partial charge in [0.2, 0.25) is 0 Å². The second kappa shape index (κ2) is 6.27. The molecule has 5 nitrogen and oxygen atoms in total. The molecule has 0 spiro atoms. The molecule has 1 aliphatic rings. The smallest absolute Gasteiger partial charge is 0.196 e. The minimum absolute atomic E-state index is 0.413. The Morgan fingerprint density at radius 3 is 3.11 bits per heavy atom. The van der Waals surface area contributed by atoms with Gasteiger partial charge in [0.05, 0.1) is 16.5 Å². The lowest BCUT2D eigenvalue weighted by Gasteiger charge is -2.25. The van der Waals surface area contributed by atoms with Crippen molar-refractivity contribution in [2.24, 2.45) is 0 Å². The van der Waals surface area contributed by atoms with Crippen molar-refractivity contribution >= 4 is 40.1 Å². The Morgan fingerprint density at radius 2 is 2.44 bits per heavy atom. The Labute approximate surface area is 116 Å². The third kappa shape index (κ3) is 3.19. The molecule has 1 aliphatic heterocycles. The molecule has 0 radical (unpaired) electrons. The van der Waals surface area contributed by atoms with Crippen molar-refractivity contribution < 1.29 is 13.5 Å². The molecular formula is C10H14N2O3S3. The highest BCUT2D eigenvalue weighted by Crippen LogP contribution is 2.39. The Kier molecular flexibility index (Phi) is 4.93. The van der Waals surface area contributed by atoms with Crippen LogP contribution in [0.15, 0.2) is 14.5 Å². The summed E-state index contributed by atoms with van der Waals surface area (Å²) < 4.78 is 28.5. The zero-order chi connectivity index (χ0) is 13.1. The molecule has 1 atom stereocenters. The van der Waals surface area contributed by atoms with Gasteiger partial charge in [0, 0.05) is 25.8 Å². The summed E-state index contributed by atoms with van der Waals surface area (Å²) in [5.41, 5.74) is 1.31. The second-order valence-corrected chi connectivity index (χ2v) is 7.41. The number of ether oxygens (including phenoxy) is 1. The van der Waals surface area contributed by atoms with E-state index in [1.807, 2.05) is 0 Å². The van der Waals surface area contributed by atoms with Crippen molar-refractivity contribution in [2.75, 3.05) is 26.8 Å². The van der Waals surface area contributed by atoms with Crippen molar-refractivity contribution in [3.05, 3.63) is 11.6 Å². The van der Waals surface area contributed by atoms with Gasteiger partial charge in [-0.2, -0.15) is 0 Å². The second-order valence-electron chi connectivity index (χ2n) is 3.80. The fourth-order valence-corrected chi connectivity index (χ4v) is 4.87. The first-order chi connectivity index (χ1) is 8.61. The Hall–Kier alpha value is -0.250. The molecule has 0 saturated heterocycles. The van der Waals surface area contributed by atoms with E-state index in [9.17, 15) is 4.21 Å². The third-order valence-electron chi connectivity index (χ3n) is 2.48. The standard InChI is InChI=1S/C10H14N2O3S3/c1-15-4-2-3-12-6-8(11)7-5-9(18(13)14)16-10(7)17-12/h5,11H,2-4,6H2,1H3,(H,13,14). The van der Waals surface area contributed by atoms with E-state index < -0.39 is 11.1 Å². The summed E-state index contributed by atoms with van der Waals surface area (Å²) in [4.78, 5) is 0. The monoisotopic (exact) mass is 306 g/mol. The van der Waals surface area contributed by atoms with Crippen molar-refractivity contribution in [3.63, 3.8) is 0 Å². The van der Waals surface area contributed by atoms with Crippen LogP contribution in [0.5, 0.6) is 0 Å². The molecule has 2 rings (SSSR count). The molecule has 2 heterocycles. The van der Waals surface area contributed by atoms with E-state index in [1.54, 1.807) is 25.1 Å². The molecular weight excluding hydrogens is 292 g/mol. The maximum absolute atomic E-state index is 11.0. The number of hydrogen-bond donors (Lipinski definition) is 2. The summed E-state index contributed by atoms with van der Waals surface area (Å²) in [7, 11) is 1.67. The van der Waals surface area contributed by atoms with Crippen LogP contribution < -0.4 is 0 Å². The van der Waals surface area contributed by atoms with Gasteiger partial charge >= 0.3 is 0 Å². The average Bonchev–Trinajstić information content (AvgIpc) is 2.74. The number of nitrogens with one attached hydrogen (secondary N) is 1. The Bertz CT molecular complexity index is 475. The van der Waals surface area contributed by atoms with E-state index in [-0.39, 0.29) is 0 Å². The van der Waals surface area contributed by atoms with E-state index in [0.717, 1.165) is 22.7 Å². The van der Waals surface area contributed by atoms with E-state index >= 15 is 0 Å². The first kappa shape index (κ1) is 14.2. The summed E-state index contributed by atoms with van der Waals surface area (Å²) in [6.45, 7) is 2.11. The number of rotatable bonds is 5. The molecule has 1 aromatic heterocycles. The minimum atomic E-state index is -1.96. The predicted octanol–water partition coefficient (Wildman–Crippen LogP) is 2.06. The maximum atomic E-state index is 11.0. The van der Waals surface area contributed by atoms with Crippen molar-refractivity contribution in [1.29, 1.82) is 5.41 Å². The molecule has 2 N–H and O–H groups in total. The number of nitrogens with zero attached hydrogens (tertiary/aromatic N) is 1. The molecule has 0 aliphatic carbocycles. The van der Waals surface area contributed by atoms with Crippen LogP contribution in [0.1, 0.15) is 12.0 Å². The fraction of sp³-hybridized carbons (Fsp3) is 0.500. The van der Waals surface area contributed by atoms with Crippen LogP contribution in [-0.2, 0) is 15.8 Å². The highest BCUT2D eigenvalue weighted by atomic mass is 32.2. The van der Waals surface area contributed by atoms with Crippen LogP contribution in [0.25, 0.3) is 0 Å². The van der Waals surface area contributed by atoms with Crippen LogP contribution in [0.4, 0.5) is 0 Å². The lowest BCUT2D eigenvalue weighted by atomic mass is 10.2. The van der Waals surface area contributed by atoms with Gasteiger partial charge in [-0.25, -0.2) is 8.51 Å². The normalized spacial score (nSPS) is 17.8. The molecule has 0 aromatic carbocycles. The molecule has 0 fully saturated rings. The predicted molar refractivity (Wildman–Crippen MR) is 74.1 cm³/mol. The summed E-state index contributed by atoms with van der Waals surface area (Å²) in [5, 5.41) is 7.98. The van der Waals surface area contributed by atoms with Gasteiger partial charge in [-0.1, -0.05) is 0 Å². The zero-order valence-electron chi connectivity index (χ0n) is 9.84. The van der Waals surface area contributed by atoms with E-state index in [4.69, 9.17) is 14.7 Å². The highest BCUT2D eigenvalue weighted by Gasteiger charge is 2.25. The minimum Gasteiger partial charge on any atom is -0.385 e. The van der Waals surface area contributed by atoms with Crippen LogP contribution in [0.2, 0.25) is 0 Å². The van der Waals surface area contributed by atoms with Gasteiger partial charge in [-0.15, -0.1) is 11.3 Å². The van der Waals surface area contributed by atoms with Crippen LogP contribution in [0, 0.1) is 5.41 Å². The van der Waals surface area contributed by atoms with Gasteiger partial charge in [0.1, 0.15) is 4.21 Å². The fourth-order valence-electron chi connectivity index (χ4n) is 1.64. The molecule has 8 heteroatoms. The first-order valence-electron chi connectivity index (χ1n) is 5.36. The lowest BCUT2D eigenvalue weighted by Crippen LogP contribution is -2.29. The molecule has 100 valence electrons. The molecule has 0 saturated carbocycles. The number of hydrogen-bond acceptors (Lipinski definition) is 6. The van der Waals surface area contributed by atoms with Gasteiger partial charge in [0.25, 0.3) is 0 Å². The molecule has 18 heavy (non-hydrogen) atoms. The van der Waals surface area contributed by atoms with Crippen molar-refractivity contribution in [3.8, 4) is 0 Å². The first-order valence-corrected chi connectivity index (χ1v) is 8.06. The van der Waals surface area contributed by atoms with Gasteiger partial charge < -0.3 is 14.7 Å². The summed E-state index contributed by atoms with van der Waals surface area (Å²) >= 11 is 0.892. The molecule has 0 amide bonds. The zero-order valence-corrected chi connectivity index (χ0v) is 12.3. The summed E-state index contributed by atoms with van der Waals surface area (Å²) in [5.74, 6) is 0. The largest absolute Gasteiger partial charge is 0.385 e. The van der Waals surface area contributed by atoms with Gasteiger partial charge in [-0.05, 0) is 24.4 Å². The topological polar surface area (TPSA) is 73.6 Å². The van der Waals surface area contributed by atoms with Gasteiger partial charge in [-0.3, -0.25) is 0 Å². The average molecular weight is 306 g/mol. The third-order valence-corrected chi connectivity index (χ3v) is 5.77. The van der Waals surface area contributed by atoms with Crippen molar-refractivity contribution in [2.45, 2.75) is 14.8 Å². The number of fused-ring (bicyclic) bond motifs is 1.